The minimum Gasteiger partial charge on any atom is -0.747 e. The van der Waals surface area contributed by atoms with Crippen LogP contribution in [0.5, 0.6) is 0 Å². The molecule has 5 heteroatoms. The molecule has 0 saturated heterocycles. The number of allylic oxidation sites excluding steroid dienone is 4. The number of rotatable bonds is 3. The maximum absolute atomic E-state index is 11.1. The molecule has 76 valence electrons. The van der Waals surface area contributed by atoms with Crippen molar-refractivity contribution in [2.75, 3.05) is 0 Å². The Morgan fingerprint density at radius 3 is 2.47 bits per heavy atom. The second-order valence-corrected chi connectivity index (χ2v) is 4.76. The van der Waals surface area contributed by atoms with Crippen LogP contribution in [0.4, 0.5) is 0 Å². The summed E-state index contributed by atoms with van der Waals surface area (Å²) in [6, 6.07) is 0. The fraction of sp³-hybridized carbons (Fsp3) is 0.200. The van der Waals surface area contributed by atoms with Gasteiger partial charge in [0, 0.05) is 0 Å². The van der Waals surface area contributed by atoms with Crippen molar-refractivity contribution in [1.82, 2.24) is 0 Å². The van der Waals surface area contributed by atoms with E-state index in [4.69, 9.17) is 0 Å². The summed E-state index contributed by atoms with van der Waals surface area (Å²) in [6.07, 6.45) is 7.44. The first-order valence-electron chi connectivity index (χ1n) is 4.05. The second-order valence-electron chi connectivity index (χ2n) is 3.09. The molecule has 0 saturated carbocycles. The smallest absolute Gasteiger partial charge is 0.747 e. The van der Waals surface area contributed by atoms with E-state index in [-0.39, 0.29) is 25.3 Å². The summed E-state index contributed by atoms with van der Waals surface area (Å²) in [5, 5.41) is 0. The molecule has 0 aromatic rings. The van der Waals surface area contributed by atoms with Gasteiger partial charge in [-0.05, 0) is 12.0 Å². The molecule has 0 spiro atoms. The third-order valence-corrected chi connectivity index (χ3v) is 3.62. The third kappa shape index (κ3) is 2.73. The topological polar surface area (TPSA) is 57.2 Å². The van der Waals surface area contributed by atoms with Crippen molar-refractivity contribution in [1.29, 1.82) is 0 Å². The zero-order chi connectivity index (χ0) is 10.8. The van der Waals surface area contributed by atoms with Crippen molar-refractivity contribution in [2.24, 2.45) is 0 Å². The van der Waals surface area contributed by atoms with Crippen LogP contribution >= 0.6 is 0 Å². The maximum Gasteiger partial charge on any atom is 1.00 e. The zero-order valence-corrected chi connectivity index (χ0v) is 9.46. The molecule has 3 nitrogen and oxygen atoms in total. The predicted octanol–water partition coefficient (Wildman–Crippen LogP) is -1.47. The van der Waals surface area contributed by atoms with Crippen LogP contribution in [-0.4, -0.2) is 17.7 Å². The van der Waals surface area contributed by atoms with E-state index < -0.39 is 14.9 Å². The molecule has 0 N–H and O–H groups in total. The Bertz CT molecular complexity index is 420. The fourth-order valence-electron chi connectivity index (χ4n) is 1.33. The predicted molar refractivity (Wildman–Crippen MR) is 54.7 cm³/mol. The molecular weight excluding hydrogens is 207 g/mol. The summed E-state index contributed by atoms with van der Waals surface area (Å²) in [5.41, 5.74) is 0.715. The maximum atomic E-state index is 11.1. The average molecular weight is 218 g/mol. The van der Waals surface area contributed by atoms with Crippen molar-refractivity contribution in [3.63, 3.8) is 0 Å². The summed E-state index contributed by atoms with van der Waals surface area (Å²) in [6.45, 7) is 6.93. The summed E-state index contributed by atoms with van der Waals surface area (Å²) in [5.74, 6) is 0. The molecule has 0 bridgehead atoms. The molecule has 1 unspecified atom stereocenters. The molecule has 0 heterocycles. The molecule has 0 aliphatic heterocycles. The normalized spacial score (nSPS) is 25.0. The molecule has 0 radical (unpaired) electrons. The van der Waals surface area contributed by atoms with Gasteiger partial charge in [-0.2, -0.15) is 0 Å². The minimum absolute atomic E-state index is 0. The molecule has 0 aromatic carbocycles. The van der Waals surface area contributed by atoms with Gasteiger partial charge in [-0.3, -0.25) is 0 Å². The van der Waals surface area contributed by atoms with Gasteiger partial charge in [0.1, 0.15) is 14.9 Å². The number of hydrogen-bond donors (Lipinski definition) is 0. The average Bonchev–Trinajstić information content (AvgIpc) is 2.16. The monoisotopic (exact) mass is 218 g/mol. The summed E-state index contributed by atoms with van der Waals surface area (Å²) in [7, 11) is -4.42. The van der Waals surface area contributed by atoms with Gasteiger partial charge < -0.3 is 4.55 Å². The molecule has 1 aliphatic carbocycles. The van der Waals surface area contributed by atoms with E-state index in [1.807, 2.05) is 0 Å². The first kappa shape index (κ1) is 14.5. The van der Waals surface area contributed by atoms with Crippen LogP contribution in [0.15, 0.2) is 49.1 Å². The Morgan fingerprint density at radius 2 is 2.07 bits per heavy atom. The van der Waals surface area contributed by atoms with Gasteiger partial charge in [-0.1, -0.05) is 37.0 Å². The second kappa shape index (κ2) is 5.00. The van der Waals surface area contributed by atoms with Gasteiger partial charge in [-0.25, -0.2) is 8.42 Å². The Balaban J connectivity index is 0.00000196. The van der Waals surface area contributed by atoms with Crippen LogP contribution in [0.2, 0.25) is 0 Å². The third-order valence-electron chi connectivity index (χ3n) is 2.24. The van der Waals surface area contributed by atoms with Gasteiger partial charge in [0.25, 0.3) is 0 Å². The van der Waals surface area contributed by atoms with Crippen LogP contribution in [0, 0.1) is 0 Å². The van der Waals surface area contributed by atoms with E-state index in [9.17, 15) is 13.0 Å². The van der Waals surface area contributed by atoms with E-state index in [0.717, 1.165) is 0 Å². The van der Waals surface area contributed by atoms with Crippen LogP contribution in [-0.2, 0) is 10.1 Å². The van der Waals surface area contributed by atoms with Crippen LogP contribution in [0.1, 0.15) is 6.42 Å². The SMILES string of the molecule is C=CC1=CC=CC(C=C)(S(=O)(=O)[O-])C1.[Li+]. The zero-order valence-electron chi connectivity index (χ0n) is 8.64. The van der Waals surface area contributed by atoms with Crippen LogP contribution in [0.25, 0.3) is 0 Å². The van der Waals surface area contributed by atoms with Crippen molar-refractivity contribution in [3.8, 4) is 0 Å². The Kier molecular flexibility index (Phi) is 4.82. The summed E-state index contributed by atoms with van der Waals surface area (Å²) < 4.78 is 31.7. The van der Waals surface area contributed by atoms with Crippen LogP contribution < -0.4 is 18.9 Å². The molecule has 15 heavy (non-hydrogen) atoms. The largest absolute Gasteiger partial charge is 1.00 e. The standard InChI is InChI=1S/C10H12O3S.Li/c1-3-9-6-5-7-10(4-2,8-9)14(11,12)13;/h3-7H,1-2,8H2,(H,11,12,13);/q;+1/p-1. The van der Waals surface area contributed by atoms with E-state index in [1.54, 1.807) is 6.08 Å². The summed E-state index contributed by atoms with van der Waals surface area (Å²) in [4.78, 5) is 0. The van der Waals surface area contributed by atoms with Gasteiger partial charge in [0.15, 0.2) is 0 Å². The first-order valence-corrected chi connectivity index (χ1v) is 5.46. The molecule has 0 aromatic heterocycles. The van der Waals surface area contributed by atoms with Gasteiger partial charge >= 0.3 is 18.9 Å². The molecule has 1 rings (SSSR count). The van der Waals surface area contributed by atoms with E-state index >= 15 is 0 Å². The molecule has 1 atom stereocenters. The molecule has 0 fully saturated rings. The first-order chi connectivity index (χ1) is 6.45. The fourth-order valence-corrected chi connectivity index (χ4v) is 2.12. The molecule has 0 amide bonds. The number of hydrogen-bond acceptors (Lipinski definition) is 3. The van der Waals surface area contributed by atoms with Gasteiger partial charge in [0.2, 0.25) is 0 Å². The molecule has 1 aliphatic rings. The summed E-state index contributed by atoms with van der Waals surface area (Å²) >= 11 is 0. The Morgan fingerprint density at radius 1 is 1.47 bits per heavy atom. The van der Waals surface area contributed by atoms with E-state index in [2.05, 4.69) is 13.2 Å². The Labute approximate surface area is 102 Å². The van der Waals surface area contributed by atoms with E-state index in [1.165, 1.54) is 24.3 Å². The Hall–Kier alpha value is -0.533. The van der Waals surface area contributed by atoms with Crippen molar-refractivity contribution in [2.45, 2.75) is 11.2 Å². The van der Waals surface area contributed by atoms with Gasteiger partial charge in [0.05, 0.1) is 0 Å². The van der Waals surface area contributed by atoms with Crippen molar-refractivity contribution < 1.29 is 31.8 Å². The van der Waals surface area contributed by atoms with Crippen LogP contribution in [0.3, 0.4) is 0 Å². The van der Waals surface area contributed by atoms with E-state index in [0.29, 0.717) is 5.57 Å². The van der Waals surface area contributed by atoms with Gasteiger partial charge in [-0.15, -0.1) is 6.58 Å². The quantitative estimate of drug-likeness (QED) is 0.330. The minimum atomic E-state index is -4.42. The molecular formula is C10H11LiO3S. The van der Waals surface area contributed by atoms with Crippen molar-refractivity contribution in [3.05, 3.63) is 49.1 Å². The van der Waals surface area contributed by atoms with Crippen molar-refractivity contribution >= 4 is 10.1 Å².